The van der Waals surface area contributed by atoms with Crippen LogP contribution in [0.4, 0.5) is 23.7 Å². The second kappa shape index (κ2) is 9.34. The molecule has 0 bridgehead atoms. The van der Waals surface area contributed by atoms with Crippen LogP contribution in [0.5, 0.6) is 5.75 Å². The number of carbonyl (C=O) groups excluding carboxylic acids is 1. The minimum absolute atomic E-state index is 0.0162. The largest absolute Gasteiger partial charge is 0.573 e. The van der Waals surface area contributed by atoms with Crippen LogP contribution in [0.1, 0.15) is 25.7 Å². The highest BCUT2D eigenvalue weighted by molar-refractivity contribution is 7.99. The maximum Gasteiger partial charge on any atom is 0.573 e. The number of thioether (sulfide) groups is 1. The van der Waals surface area contributed by atoms with E-state index in [0.717, 1.165) is 22.8 Å². The van der Waals surface area contributed by atoms with Gasteiger partial charge in [0.05, 0.1) is 11.9 Å². The molecule has 1 aromatic rings. The maximum atomic E-state index is 12.5. The molecule has 3 rings (SSSR count). The molecule has 11 heteroatoms. The maximum absolute atomic E-state index is 12.5. The SMILES string of the molecule is N[C@H](C(=O)N1CCSC1)[C@H]1CC[C@H](N(C(=O)O)c2ccc(OC(F)(F)F)cc2)CC1. The summed E-state index contributed by atoms with van der Waals surface area (Å²) in [6.45, 7) is 0.702. The Kier molecular flexibility index (Phi) is 7.02. The van der Waals surface area contributed by atoms with Gasteiger partial charge in [0, 0.05) is 24.0 Å². The lowest BCUT2D eigenvalue weighted by Crippen LogP contribution is -2.49. The molecule has 1 aromatic carbocycles. The molecule has 2 fully saturated rings. The molecule has 1 heterocycles. The van der Waals surface area contributed by atoms with E-state index < -0.39 is 24.2 Å². The zero-order valence-corrected chi connectivity index (χ0v) is 17.0. The molecule has 1 atom stereocenters. The van der Waals surface area contributed by atoms with Gasteiger partial charge in [-0.3, -0.25) is 9.69 Å². The van der Waals surface area contributed by atoms with E-state index in [-0.39, 0.29) is 23.6 Å². The second-order valence-electron chi connectivity index (χ2n) is 7.43. The number of benzene rings is 1. The van der Waals surface area contributed by atoms with E-state index in [4.69, 9.17) is 5.73 Å². The molecule has 0 spiro atoms. The van der Waals surface area contributed by atoms with Crippen molar-refractivity contribution in [2.45, 2.75) is 44.1 Å². The quantitative estimate of drug-likeness (QED) is 0.718. The van der Waals surface area contributed by atoms with Crippen molar-refractivity contribution in [3.05, 3.63) is 24.3 Å². The Labute approximate surface area is 176 Å². The van der Waals surface area contributed by atoms with Crippen molar-refractivity contribution in [1.82, 2.24) is 4.90 Å². The van der Waals surface area contributed by atoms with Gasteiger partial charge in [-0.2, -0.15) is 0 Å². The Hall–Kier alpha value is -2.14. The number of halogens is 3. The first kappa shape index (κ1) is 22.5. The van der Waals surface area contributed by atoms with Crippen LogP contribution in [0.25, 0.3) is 0 Å². The standard InChI is InChI=1S/C19H24F3N3O4S/c20-19(21,22)29-15-7-5-14(6-8-15)25(18(27)28)13-3-1-12(2-4-13)16(23)17(26)24-9-10-30-11-24/h5-8,12-13,16H,1-4,9-11,23H2,(H,27,28)/t12-,13-,16-/m0/s1. The smallest absolute Gasteiger partial charge is 0.465 e. The molecule has 166 valence electrons. The number of nitrogens with zero attached hydrogens (tertiary/aromatic N) is 2. The molecule has 1 aliphatic heterocycles. The van der Waals surface area contributed by atoms with Crippen LogP contribution in [0.3, 0.4) is 0 Å². The number of anilines is 1. The summed E-state index contributed by atoms with van der Waals surface area (Å²) in [6, 6.07) is 3.84. The van der Waals surface area contributed by atoms with Crippen molar-refractivity contribution >= 4 is 29.4 Å². The lowest BCUT2D eigenvalue weighted by Gasteiger charge is -2.37. The first-order valence-electron chi connectivity index (χ1n) is 9.66. The monoisotopic (exact) mass is 447 g/mol. The number of alkyl halides is 3. The molecule has 30 heavy (non-hydrogen) atoms. The highest BCUT2D eigenvalue weighted by atomic mass is 32.2. The predicted molar refractivity (Wildman–Crippen MR) is 106 cm³/mol. The van der Waals surface area contributed by atoms with E-state index in [1.54, 1.807) is 16.7 Å². The summed E-state index contributed by atoms with van der Waals surface area (Å²) in [4.78, 5) is 27.3. The molecule has 0 radical (unpaired) electrons. The molecule has 1 saturated heterocycles. The fourth-order valence-corrected chi connectivity index (χ4v) is 4.96. The second-order valence-corrected chi connectivity index (χ2v) is 8.50. The summed E-state index contributed by atoms with van der Waals surface area (Å²) < 4.78 is 40.8. The van der Waals surface area contributed by atoms with Crippen molar-refractivity contribution in [1.29, 1.82) is 0 Å². The first-order chi connectivity index (χ1) is 14.2. The first-order valence-corrected chi connectivity index (χ1v) is 10.8. The van der Waals surface area contributed by atoms with Gasteiger partial charge in [-0.05, 0) is 55.9 Å². The van der Waals surface area contributed by atoms with Crippen LogP contribution in [0, 0.1) is 5.92 Å². The summed E-state index contributed by atoms with van der Waals surface area (Å²) in [5.41, 5.74) is 6.47. The number of ether oxygens (including phenoxy) is 1. The summed E-state index contributed by atoms with van der Waals surface area (Å²) in [5, 5.41) is 9.67. The molecule has 0 aromatic heterocycles. The fourth-order valence-electron chi connectivity index (χ4n) is 4.01. The van der Waals surface area contributed by atoms with Gasteiger partial charge in [-0.15, -0.1) is 24.9 Å². The van der Waals surface area contributed by atoms with Crippen molar-refractivity contribution < 1.29 is 32.6 Å². The number of carbonyl (C=O) groups is 2. The zero-order chi connectivity index (χ0) is 21.9. The van der Waals surface area contributed by atoms with E-state index >= 15 is 0 Å². The van der Waals surface area contributed by atoms with Gasteiger partial charge in [-0.25, -0.2) is 4.79 Å². The van der Waals surface area contributed by atoms with Crippen molar-refractivity contribution in [3.8, 4) is 5.75 Å². The van der Waals surface area contributed by atoms with Crippen LogP contribution >= 0.6 is 11.8 Å². The Morgan fingerprint density at radius 3 is 2.33 bits per heavy atom. The molecular formula is C19H24F3N3O4S. The molecule has 7 nitrogen and oxygen atoms in total. The minimum atomic E-state index is -4.81. The molecule has 1 aliphatic carbocycles. The van der Waals surface area contributed by atoms with E-state index in [1.807, 2.05) is 0 Å². The number of nitrogens with two attached hydrogens (primary N) is 1. The van der Waals surface area contributed by atoms with Crippen LogP contribution in [-0.4, -0.2) is 58.6 Å². The highest BCUT2D eigenvalue weighted by Crippen LogP contribution is 2.34. The van der Waals surface area contributed by atoms with Gasteiger partial charge in [0.15, 0.2) is 0 Å². The lowest BCUT2D eigenvalue weighted by molar-refractivity contribution is -0.274. The number of amides is 2. The number of carboxylic acid groups (broad SMARTS) is 1. The van der Waals surface area contributed by atoms with Gasteiger partial charge in [0.25, 0.3) is 0 Å². The van der Waals surface area contributed by atoms with Crippen LogP contribution in [0.15, 0.2) is 24.3 Å². The van der Waals surface area contributed by atoms with Crippen LogP contribution in [-0.2, 0) is 4.79 Å². The third-order valence-corrected chi connectivity index (χ3v) is 6.48. The Balaban J connectivity index is 1.61. The average Bonchev–Trinajstić information content (AvgIpc) is 3.22. The Morgan fingerprint density at radius 1 is 1.20 bits per heavy atom. The predicted octanol–water partition coefficient (Wildman–Crippen LogP) is 3.49. The molecule has 2 amide bonds. The third-order valence-electron chi connectivity index (χ3n) is 5.52. The number of hydrogen-bond donors (Lipinski definition) is 2. The van der Waals surface area contributed by atoms with Crippen LogP contribution < -0.4 is 15.4 Å². The molecule has 2 aliphatic rings. The normalized spacial score (nSPS) is 23.1. The van der Waals surface area contributed by atoms with Gasteiger partial charge in [0.2, 0.25) is 5.91 Å². The highest BCUT2D eigenvalue weighted by Gasteiger charge is 2.36. The Morgan fingerprint density at radius 2 is 1.83 bits per heavy atom. The van der Waals surface area contributed by atoms with E-state index in [2.05, 4.69) is 4.74 Å². The molecule has 3 N–H and O–H groups in total. The summed E-state index contributed by atoms with van der Waals surface area (Å²) >= 11 is 1.69. The Bertz CT molecular complexity index is 748. The number of hydrogen-bond acceptors (Lipinski definition) is 5. The van der Waals surface area contributed by atoms with E-state index in [0.29, 0.717) is 38.1 Å². The van der Waals surface area contributed by atoms with Gasteiger partial charge in [-0.1, -0.05) is 0 Å². The molecular weight excluding hydrogens is 423 g/mol. The minimum Gasteiger partial charge on any atom is -0.465 e. The molecule has 1 saturated carbocycles. The summed E-state index contributed by atoms with van der Waals surface area (Å²) in [5.74, 6) is 1.08. The lowest BCUT2D eigenvalue weighted by atomic mass is 9.80. The number of rotatable bonds is 5. The summed E-state index contributed by atoms with van der Waals surface area (Å²) in [7, 11) is 0. The van der Waals surface area contributed by atoms with Crippen molar-refractivity contribution in [2.24, 2.45) is 11.7 Å². The molecule has 0 unspecified atom stereocenters. The topological polar surface area (TPSA) is 96.1 Å². The third kappa shape index (κ3) is 5.51. The zero-order valence-electron chi connectivity index (χ0n) is 16.2. The van der Waals surface area contributed by atoms with Gasteiger partial charge >= 0.3 is 12.5 Å². The van der Waals surface area contributed by atoms with Crippen LogP contribution in [0.2, 0.25) is 0 Å². The fraction of sp³-hybridized carbons (Fsp3) is 0.579. The van der Waals surface area contributed by atoms with Gasteiger partial charge < -0.3 is 20.5 Å². The average molecular weight is 447 g/mol. The van der Waals surface area contributed by atoms with Crippen molar-refractivity contribution in [3.63, 3.8) is 0 Å². The van der Waals surface area contributed by atoms with Crippen molar-refractivity contribution in [2.75, 3.05) is 23.1 Å². The van der Waals surface area contributed by atoms with E-state index in [9.17, 15) is 27.9 Å². The summed E-state index contributed by atoms with van der Waals surface area (Å²) in [6.07, 6.45) is -3.73. The van der Waals surface area contributed by atoms with Gasteiger partial charge in [0.1, 0.15) is 5.75 Å². The van der Waals surface area contributed by atoms with E-state index in [1.165, 1.54) is 12.1 Å².